The Morgan fingerprint density at radius 1 is 1.19 bits per heavy atom. The number of hydrogen-bond acceptors (Lipinski definition) is 4. The van der Waals surface area contributed by atoms with E-state index in [1.54, 1.807) is 6.34 Å². The zero-order valence-corrected chi connectivity index (χ0v) is 26.3. The molecule has 4 aliphatic carbocycles. The minimum Gasteiger partial charge on any atom is -0.390 e. The molecule has 1 saturated heterocycles. The SMILES string of the molecule is CC1CNCCC1n1cc(-c2cccc(C(N)=S)c2)c2ccc(CC3(N=CN)C4C5CCC54C4CCC43CCS)cc21. The first-order valence-corrected chi connectivity index (χ1v) is 17.0. The largest absolute Gasteiger partial charge is 0.390 e. The molecular formula is C35H43N5S2. The molecule has 3 aromatic rings. The van der Waals surface area contributed by atoms with E-state index in [0.29, 0.717) is 28.3 Å². The number of nitrogens with zero attached hydrogens (tertiary/aromatic N) is 2. The molecule has 8 rings (SSSR count). The molecule has 8 atom stereocenters. The number of thiocarbonyl (C=S) groups is 1. The van der Waals surface area contributed by atoms with Crippen LogP contribution in [0.25, 0.3) is 22.0 Å². The van der Waals surface area contributed by atoms with E-state index in [2.05, 4.69) is 59.4 Å². The van der Waals surface area contributed by atoms with E-state index < -0.39 is 0 Å². The van der Waals surface area contributed by atoms with Crippen LogP contribution in [0.3, 0.4) is 0 Å². The highest BCUT2D eigenvalue weighted by molar-refractivity contribution is 7.80. The lowest BCUT2D eigenvalue weighted by molar-refractivity contribution is -0.0750. The van der Waals surface area contributed by atoms with Crippen LogP contribution in [0.15, 0.2) is 53.7 Å². The Kier molecular flexibility index (Phi) is 6.20. The van der Waals surface area contributed by atoms with E-state index in [-0.39, 0.29) is 11.0 Å². The van der Waals surface area contributed by atoms with E-state index in [1.165, 1.54) is 53.3 Å². The Labute approximate surface area is 260 Å². The van der Waals surface area contributed by atoms with Gasteiger partial charge in [-0.25, -0.2) is 0 Å². The standard InChI is InChI=1S/C35H43N5S2/c1-21-18-38-13-9-28(21)40-19-26(23-3-2-4-24(16-23)32(37)42)25-6-5-22(15-29(25)40)17-35(39-20-36)31-27-7-11-34(27,31)30-8-10-33(30,35)12-14-41/h2-6,15-16,19-21,27-28,30-31,38,41H,7-14,17-18H2,1H3,(H2,36,39)(H2,37,42). The van der Waals surface area contributed by atoms with Crippen molar-refractivity contribution >= 4 is 47.1 Å². The molecule has 8 unspecified atom stereocenters. The van der Waals surface area contributed by atoms with E-state index in [0.717, 1.165) is 55.5 Å². The van der Waals surface area contributed by atoms with Gasteiger partial charge in [-0.1, -0.05) is 49.5 Å². The molecule has 220 valence electrons. The number of thiol groups is 1. The fourth-order valence-electron chi connectivity index (χ4n) is 11.0. The summed E-state index contributed by atoms with van der Waals surface area (Å²) in [6.45, 7) is 4.47. The predicted octanol–water partition coefficient (Wildman–Crippen LogP) is 6.14. The molecule has 1 aliphatic heterocycles. The van der Waals surface area contributed by atoms with Gasteiger partial charge in [0.05, 0.1) is 11.9 Å². The summed E-state index contributed by atoms with van der Waals surface area (Å²) in [6.07, 6.45) is 12.7. The van der Waals surface area contributed by atoms with Gasteiger partial charge in [0.25, 0.3) is 0 Å². The van der Waals surface area contributed by atoms with E-state index in [4.69, 9.17) is 41.3 Å². The van der Waals surface area contributed by atoms with Crippen LogP contribution in [0.1, 0.15) is 62.6 Å². The van der Waals surface area contributed by atoms with Crippen molar-refractivity contribution in [3.8, 4) is 11.1 Å². The van der Waals surface area contributed by atoms with Crippen molar-refractivity contribution in [1.82, 2.24) is 9.88 Å². The first kappa shape index (κ1) is 27.2. The molecular weight excluding hydrogens is 555 g/mol. The maximum Gasteiger partial charge on any atom is 0.104 e. The monoisotopic (exact) mass is 597 g/mol. The van der Waals surface area contributed by atoms with Crippen LogP contribution < -0.4 is 16.8 Å². The van der Waals surface area contributed by atoms with Crippen molar-refractivity contribution in [2.75, 3.05) is 18.8 Å². The Morgan fingerprint density at radius 3 is 2.76 bits per heavy atom. The number of nitrogens with one attached hydrogen (secondary N) is 1. The van der Waals surface area contributed by atoms with Gasteiger partial charge in [-0.3, -0.25) is 4.99 Å². The van der Waals surface area contributed by atoms with Crippen LogP contribution in [0.2, 0.25) is 0 Å². The third kappa shape index (κ3) is 3.42. The first-order valence-electron chi connectivity index (χ1n) is 16.0. The summed E-state index contributed by atoms with van der Waals surface area (Å²) in [6, 6.07) is 16.1. The molecule has 0 bridgehead atoms. The number of rotatable bonds is 8. The Balaban J connectivity index is 1.26. The highest BCUT2D eigenvalue weighted by Crippen LogP contribution is 2.93. The third-order valence-corrected chi connectivity index (χ3v) is 13.3. The van der Waals surface area contributed by atoms with Crippen LogP contribution in [-0.4, -0.2) is 40.3 Å². The lowest BCUT2D eigenvalue weighted by atomic mass is 9.46. The van der Waals surface area contributed by atoms with Crippen molar-refractivity contribution in [2.24, 2.45) is 51.0 Å². The molecule has 1 spiro atoms. The summed E-state index contributed by atoms with van der Waals surface area (Å²) in [5, 5.41) is 4.89. The summed E-state index contributed by atoms with van der Waals surface area (Å²) in [4.78, 5) is 5.78. The van der Waals surface area contributed by atoms with Crippen molar-refractivity contribution < 1.29 is 0 Å². The maximum atomic E-state index is 6.21. The van der Waals surface area contributed by atoms with Crippen LogP contribution in [-0.2, 0) is 6.42 Å². The van der Waals surface area contributed by atoms with Crippen LogP contribution in [0, 0.1) is 34.5 Å². The molecule has 5 nitrogen and oxygen atoms in total. The number of aliphatic imine (C=N–C) groups is 1. The van der Waals surface area contributed by atoms with E-state index in [1.807, 2.05) is 6.07 Å². The molecule has 0 radical (unpaired) electrons. The predicted molar refractivity (Wildman–Crippen MR) is 180 cm³/mol. The Bertz CT molecular complexity index is 1610. The summed E-state index contributed by atoms with van der Waals surface area (Å²) in [5.41, 5.74) is 19.0. The van der Waals surface area contributed by atoms with Gasteiger partial charge < -0.3 is 21.4 Å². The highest BCUT2D eigenvalue weighted by Gasteiger charge is 2.91. The molecule has 0 amide bonds. The number of hydrogen-bond donors (Lipinski definition) is 4. The van der Waals surface area contributed by atoms with Crippen LogP contribution >= 0.6 is 24.8 Å². The van der Waals surface area contributed by atoms with Crippen molar-refractivity contribution in [3.63, 3.8) is 0 Å². The summed E-state index contributed by atoms with van der Waals surface area (Å²) in [7, 11) is 0. The zero-order valence-electron chi connectivity index (χ0n) is 24.6. The Morgan fingerprint density at radius 2 is 2.07 bits per heavy atom. The molecule has 42 heavy (non-hydrogen) atoms. The average Bonchev–Trinajstić information content (AvgIpc) is 3.20. The number of benzene rings is 2. The second-order valence-electron chi connectivity index (χ2n) is 14.1. The van der Waals surface area contributed by atoms with Gasteiger partial charge in [0, 0.05) is 39.7 Å². The zero-order chi connectivity index (χ0) is 28.9. The number of fused-ring (bicyclic) bond motifs is 3. The van der Waals surface area contributed by atoms with Gasteiger partial charge in [0.2, 0.25) is 0 Å². The minimum absolute atomic E-state index is 0.101. The highest BCUT2D eigenvalue weighted by atomic mass is 32.1. The van der Waals surface area contributed by atoms with E-state index >= 15 is 0 Å². The lowest BCUT2D eigenvalue weighted by Crippen LogP contribution is -2.58. The number of nitrogens with two attached hydrogens (primary N) is 2. The van der Waals surface area contributed by atoms with Gasteiger partial charge in [0.1, 0.15) is 4.99 Å². The molecule has 5 aliphatic rings. The Hall–Kier alpha value is -2.35. The van der Waals surface area contributed by atoms with Gasteiger partial charge in [-0.05, 0) is 116 Å². The molecule has 4 saturated carbocycles. The molecule has 5 fully saturated rings. The molecule has 5 N–H and O–H groups in total. The fraction of sp³-hybridized carbons (Fsp3) is 0.543. The molecule has 2 heterocycles. The average molecular weight is 598 g/mol. The lowest BCUT2D eigenvalue weighted by Gasteiger charge is -2.59. The summed E-state index contributed by atoms with van der Waals surface area (Å²) >= 11 is 10.1. The maximum absolute atomic E-state index is 6.21. The van der Waals surface area contributed by atoms with Gasteiger partial charge in [-0.15, -0.1) is 0 Å². The second-order valence-corrected chi connectivity index (χ2v) is 15.0. The minimum atomic E-state index is -0.101. The van der Waals surface area contributed by atoms with Crippen molar-refractivity contribution in [3.05, 3.63) is 59.8 Å². The quantitative estimate of drug-likeness (QED) is 0.109. The number of piperidine rings is 1. The van der Waals surface area contributed by atoms with Gasteiger partial charge >= 0.3 is 0 Å². The van der Waals surface area contributed by atoms with Gasteiger partial charge in [-0.2, -0.15) is 12.6 Å². The topological polar surface area (TPSA) is 81.4 Å². The third-order valence-electron chi connectivity index (χ3n) is 12.8. The van der Waals surface area contributed by atoms with E-state index in [9.17, 15) is 0 Å². The smallest absolute Gasteiger partial charge is 0.104 e. The van der Waals surface area contributed by atoms with Crippen molar-refractivity contribution in [2.45, 2.75) is 63.5 Å². The normalized spacial score (nSPS) is 38.0. The van der Waals surface area contributed by atoms with Gasteiger partial charge in [0.15, 0.2) is 0 Å². The number of aromatic nitrogens is 1. The summed E-state index contributed by atoms with van der Waals surface area (Å²) in [5.74, 6) is 3.82. The summed E-state index contributed by atoms with van der Waals surface area (Å²) < 4.78 is 2.58. The second kappa shape index (κ2) is 9.57. The van der Waals surface area contributed by atoms with Crippen LogP contribution in [0.5, 0.6) is 0 Å². The van der Waals surface area contributed by atoms with Crippen molar-refractivity contribution in [1.29, 1.82) is 0 Å². The molecule has 2 aromatic carbocycles. The molecule has 7 heteroatoms. The van der Waals surface area contributed by atoms with Crippen LogP contribution in [0.4, 0.5) is 0 Å². The fourth-order valence-corrected chi connectivity index (χ4v) is 11.6. The first-order chi connectivity index (χ1) is 20.4. The molecule has 1 aromatic heterocycles.